The summed E-state index contributed by atoms with van der Waals surface area (Å²) in [6.45, 7) is 1.62. The van der Waals surface area contributed by atoms with Crippen molar-refractivity contribution < 1.29 is 26.8 Å². The maximum absolute atomic E-state index is 13.6. The number of carbonyl (C=O) groups excluding carboxylic acids is 2. The molecule has 0 radical (unpaired) electrons. The van der Waals surface area contributed by atoms with Crippen LogP contribution >= 0.6 is 11.6 Å². The van der Waals surface area contributed by atoms with Gasteiger partial charge in [-0.05, 0) is 43.2 Å². The minimum absolute atomic E-state index is 0.0411. The van der Waals surface area contributed by atoms with E-state index in [0.717, 1.165) is 34.3 Å². The Morgan fingerprint density at radius 1 is 1.09 bits per heavy atom. The molecule has 0 spiro atoms. The third-order valence-electron chi connectivity index (χ3n) is 5.02. The van der Waals surface area contributed by atoms with Crippen LogP contribution in [0.1, 0.15) is 25.3 Å². The largest absolute Gasteiger partial charge is 0.357 e. The second-order valence-electron chi connectivity index (χ2n) is 7.48. The number of hydrogen-bond donors (Lipinski definition) is 1. The molecule has 0 unspecified atom stereocenters. The number of hydrogen-bond acceptors (Lipinski definition) is 4. The van der Waals surface area contributed by atoms with Crippen molar-refractivity contribution in [1.29, 1.82) is 0 Å². The number of benzene rings is 2. The van der Waals surface area contributed by atoms with Gasteiger partial charge in [0.15, 0.2) is 11.6 Å². The van der Waals surface area contributed by atoms with Gasteiger partial charge in [0.05, 0.1) is 11.9 Å². The van der Waals surface area contributed by atoms with Crippen LogP contribution in [0.2, 0.25) is 5.02 Å². The zero-order chi connectivity index (χ0) is 24.8. The van der Waals surface area contributed by atoms with E-state index in [1.54, 1.807) is 31.2 Å². The number of rotatable bonds is 10. The first-order valence-corrected chi connectivity index (χ1v) is 12.3. The number of likely N-dealkylation sites (N-methyl/N-ethyl adjacent to an activating group) is 1. The SMILES string of the molecule is CNC(=O)[C@@H](C)N(Cc1ccc(Cl)cc1)C(=O)CCCN(c1ccc(F)c(F)c1)S(C)(=O)=O. The van der Waals surface area contributed by atoms with E-state index >= 15 is 0 Å². The van der Waals surface area contributed by atoms with Crippen LogP contribution in [0.25, 0.3) is 0 Å². The molecule has 0 aliphatic rings. The van der Waals surface area contributed by atoms with Gasteiger partial charge in [-0.15, -0.1) is 0 Å². The van der Waals surface area contributed by atoms with Gasteiger partial charge in [0.2, 0.25) is 21.8 Å². The third-order valence-corrected chi connectivity index (χ3v) is 6.47. The summed E-state index contributed by atoms with van der Waals surface area (Å²) in [5, 5.41) is 3.05. The summed E-state index contributed by atoms with van der Waals surface area (Å²) >= 11 is 5.91. The van der Waals surface area contributed by atoms with Gasteiger partial charge in [-0.3, -0.25) is 13.9 Å². The zero-order valence-electron chi connectivity index (χ0n) is 18.5. The predicted octanol–water partition coefficient (Wildman–Crippen LogP) is 3.33. The Morgan fingerprint density at radius 2 is 1.73 bits per heavy atom. The number of sulfonamides is 1. The van der Waals surface area contributed by atoms with Gasteiger partial charge in [-0.2, -0.15) is 0 Å². The van der Waals surface area contributed by atoms with Gasteiger partial charge in [0.25, 0.3) is 0 Å². The highest BCUT2D eigenvalue weighted by Gasteiger charge is 2.26. The average Bonchev–Trinajstić information content (AvgIpc) is 2.76. The second kappa shape index (κ2) is 11.4. The maximum atomic E-state index is 13.6. The smallest absolute Gasteiger partial charge is 0.242 e. The number of amides is 2. The van der Waals surface area contributed by atoms with Crippen LogP contribution in [0.5, 0.6) is 0 Å². The molecule has 2 rings (SSSR count). The van der Waals surface area contributed by atoms with Crippen molar-refractivity contribution in [3.63, 3.8) is 0 Å². The van der Waals surface area contributed by atoms with Gasteiger partial charge in [-0.25, -0.2) is 17.2 Å². The van der Waals surface area contributed by atoms with Gasteiger partial charge >= 0.3 is 0 Å². The standard InChI is InChI=1S/C22H26ClF2N3O4S/c1-15(22(30)26-2)27(14-16-6-8-17(23)9-7-16)21(29)5-4-12-28(33(3,31)32)18-10-11-19(24)20(25)13-18/h6-11,13,15H,4-5,12,14H2,1-3H3,(H,26,30)/t15-/m1/s1. The van der Waals surface area contributed by atoms with Crippen LogP contribution in [0.15, 0.2) is 42.5 Å². The summed E-state index contributed by atoms with van der Waals surface area (Å²) < 4.78 is 52.2. The monoisotopic (exact) mass is 501 g/mol. The Morgan fingerprint density at radius 3 is 2.27 bits per heavy atom. The van der Waals surface area contributed by atoms with E-state index in [4.69, 9.17) is 11.6 Å². The van der Waals surface area contributed by atoms with E-state index < -0.39 is 27.7 Å². The van der Waals surface area contributed by atoms with E-state index in [1.807, 2.05) is 0 Å². The molecular weight excluding hydrogens is 476 g/mol. The minimum atomic E-state index is -3.81. The maximum Gasteiger partial charge on any atom is 0.242 e. The number of halogens is 3. The molecule has 0 heterocycles. The number of nitrogens with one attached hydrogen (secondary N) is 1. The van der Waals surface area contributed by atoms with E-state index in [2.05, 4.69) is 5.32 Å². The van der Waals surface area contributed by atoms with E-state index in [1.165, 1.54) is 11.9 Å². The molecule has 2 amide bonds. The first-order chi connectivity index (χ1) is 15.4. The molecule has 180 valence electrons. The van der Waals surface area contributed by atoms with Crippen molar-refractivity contribution in [3.8, 4) is 0 Å². The number of anilines is 1. The molecule has 0 aliphatic carbocycles. The van der Waals surface area contributed by atoms with Gasteiger partial charge in [0, 0.05) is 37.6 Å². The fraction of sp³-hybridized carbons (Fsp3) is 0.364. The van der Waals surface area contributed by atoms with Gasteiger partial charge in [-0.1, -0.05) is 23.7 Å². The van der Waals surface area contributed by atoms with E-state index in [-0.39, 0.29) is 43.4 Å². The first kappa shape index (κ1) is 26.5. The highest BCUT2D eigenvalue weighted by atomic mass is 35.5. The molecule has 2 aromatic carbocycles. The van der Waals surface area contributed by atoms with Crippen LogP contribution in [0.4, 0.5) is 14.5 Å². The Labute approximate surface area is 197 Å². The summed E-state index contributed by atoms with van der Waals surface area (Å²) in [4.78, 5) is 26.6. The fourth-order valence-electron chi connectivity index (χ4n) is 3.22. The number of nitrogens with zero attached hydrogens (tertiary/aromatic N) is 2. The summed E-state index contributed by atoms with van der Waals surface area (Å²) in [7, 11) is -2.34. The fourth-order valence-corrected chi connectivity index (χ4v) is 4.31. The Hall–Kier alpha value is -2.72. The third kappa shape index (κ3) is 7.40. The van der Waals surface area contributed by atoms with Crippen molar-refractivity contribution in [2.45, 2.75) is 32.4 Å². The van der Waals surface area contributed by atoms with Crippen LogP contribution in [-0.2, 0) is 26.2 Å². The summed E-state index contributed by atoms with van der Waals surface area (Å²) in [6.07, 6.45) is 0.976. The Kier molecular flexibility index (Phi) is 9.18. The summed E-state index contributed by atoms with van der Waals surface area (Å²) in [6, 6.07) is 8.86. The molecule has 0 aromatic heterocycles. The molecule has 0 fully saturated rings. The normalized spacial score (nSPS) is 12.2. The molecule has 1 N–H and O–H groups in total. The summed E-state index contributed by atoms with van der Waals surface area (Å²) in [5.74, 6) is -2.98. The Balaban J connectivity index is 2.15. The van der Waals surface area contributed by atoms with Crippen molar-refractivity contribution in [2.24, 2.45) is 0 Å². The zero-order valence-corrected chi connectivity index (χ0v) is 20.1. The lowest BCUT2D eigenvalue weighted by Gasteiger charge is -2.29. The molecule has 0 aliphatic heterocycles. The lowest BCUT2D eigenvalue weighted by atomic mass is 10.1. The predicted molar refractivity (Wildman–Crippen MR) is 123 cm³/mol. The molecule has 7 nitrogen and oxygen atoms in total. The second-order valence-corrected chi connectivity index (χ2v) is 9.82. The van der Waals surface area contributed by atoms with Crippen molar-refractivity contribution >= 4 is 39.1 Å². The molecule has 1 atom stereocenters. The lowest BCUT2D eigenvalue weighted by molar-refractivity contribution is -0.140. The quantitative estimate of drug-likeness (QED) is 0.541. The molecule has 2 aromatic rings. The highest BCUT2D eigenvalue weighted by molar-refractivity contribution is 7.92. The average molecular weight is 502 g/mol. The highest BCUT2D eigenvalue weighted by Crippen LogP contribution is 2.22. The molecule has 0 saturated heterocycles. The number of carbonyl (C=O) groups is 2. The Bertz CT molecular complexity index is 1100. The molecular formula is C22H26ClF2N3O4S. The van der Waals surface area contributed by atoms with Gasteiger partial charge < -0.3 is 10.2 Å². The topological polar surface area (TPSA) is 86.8 Å². The van der Waals surface area contributed by atoms with E-state index in [9.17, 15) is 26.8 Å². The van der Waals surface area contributed by atoms with Crippen LogP contribution in [0, 0.1) is 11.6 Å². The molecule has 33 heavy (non-hydrogen) atoms. The van der Waals surface area contributed by atoms with Crippen LogP contribution in [0.3, 0.4) is 0 Å². The molecule has 0 bridgehead atoms. The van der Waals surface area contributed by atoms with Crippen molar-refractivity contribution in [1.82, 2.24) is 10.2 Å². The minimum Gasteiger partial charge on any atom is -0.357 e. The lowest BCUT2D eigenvalue weighted by Crippen LogP contribution is -2.46. The molecule has 0 saturated carbocycles. The first-order valence-electron chi connectivity index (χ1n) is 10.1. The van der Waals surface area contributed by atoms with Crippen molar-refractivity contribution in [3.05, 3.63) is 64.7 Å². The molecule has 11 heteroatoms. The van der Waals surface area contributed by atoms with Crippen LogP contribution in [-0.4, -0.2) is 51.0 Å². The van der Waals surface area contributed by atoms with Gasteiger partial charge in [0.1, 0.15) is 6.04 Å². The van der Waals surface area contributed by atoms with Crippen LogP contribution < -0.4 is 9.62 Å². The van der Waals surface area contributed by atoms with Crippen molar-refractivity contribution in [2.75, 3.05) is 24.2 Å². The summed E-state index contributed by atoms with van der Waals surface area (Å²) in [5.41, 5.74) is 0.726. The van der Waals surface area contributed by atoms with E-state index in [0.29, 0.717) is 5.02 Å².